The van der Waals surface area contributed by atoms with E-state index in [0.29, 0.717) is 23.7 Å². The van der Waals surface area contributed by atoms with Crippen molar-refractivity contribution in [1.82, 2.24) is 19.9 Å². The van der Waals surface area contributed by atoms with E-state index in [1.807, 2.05) is 46.1 Å². The van der Waals surface area contributed by atoms with Gasteiger partial charge in [0.15, 0.2) is 0 Å². The second kappa shape index (κ2) is 6.69. The molecule has 5 nitrogen and oxygen atoms in total. The minimum absolute atomic E-state index is 0.00778. The zero-order chi connectivity index (χ0) is 17.2. The third-order valence-corrected chi connectivity index (χ3v) is 4.71. The molecular formula is C19H17ClN4O. The first-order chi connectivity index (χ1) is 12.2. The molecule has 1 aliphatic heterocycles. The fourth-order valence-corrected chi connectivity index (χ4v) is 3.33. The predicted octanol–water partition coefficient (Wildman–Crippen LogP) is 3.69. The first kappa shape index (κ1) is 15.8. The van der Waals surface area contributed by atoms with Crippen LogP contribution >= 0.6 is 11.6 Å². The van der Waals surface area contributed by atoms with Gasteiger partial charge < -0.3 is 4.90 Å². The topological polar surface area (TPSA) is 51.0 Å². The molecule has 1 aromatic heterocycles. The van der Waals surface area contributed by atoms with Crippen molar-refractivity contribution in [3.8, 4) is 11.3 Å². The zero-order valence-corrected chi connectivity index (χ0v) is 14.3. The summed E-state index contributed by atoms with van der Waals surface area (Å²) in [6, 6.07) is 17.2. The lowest BCUT2D eigenvalue weighted by atomic mass is 10.2. The number of halogens is 1. The Balaban J connectivity index is 1.48. The lowest BCUT2D eigenvalue weighted by Crippen LogP contribution is -2.29. The third-order valence-electron chi connectivity index (χ3n) is 4.48. The van der Waals surface area contributed by atoms with Crippen molar-refractivity contribution in [2.75, 3.05) is 13.1 Å². The molecule has 126 valence electrons. The molecule has 0 saturated carbocycles. The largest absolute Gasteiger partial charge is 0.336 e. The molecule has 0 N–H and O–H groups in total. The van der Waals surface area contributed by atoms with Crippen molar-refractivity contribution >= 4 is 17.5 Å². The summed E-state index contributed by atoms with van der Waals surface area (Å²) < 4.78 is 1.87. The highest BCUT2D eigenvalue weighted by molar-refractivity contribution is 6.30. The minimum atomic E-state index is 0.00778. The van der Waals surface area contributed by atoms with Gasteiger partial charge in [-0.25, -0.2) is 4.68 Å². The van der Waals surface area contributed by atoms with Crippen LogP contribution in [0, 0.1) is 0 Å². The van der Waals surface area contributed by atoms with Crippen LogP contribution in [0.4, 0.5) is 0 Å². The Morgan fingerprint density at radius 1 is 1.12 bits per heavy atom. The molecule has 1 atom stereocenters. The molecule has 1 amide bonds. The highest BCUT2D eigenvalue weighted by Gasteiger charge is 2.29. The van der Waals surface area contributed by atoms with E-state index in [1.165, 1.54) is 0 Å². The van der Waals surface area contributed by atoms with Gasteiger partial charge in [-0.05, 0) is 24.6 Å². The first-order valence-corrected chi connectivity index (χ1v) is 8.60. The molecular weight excluding hydrogens is 336 g/mol. The summed E-state index contributed by atoms with van der Waals surface area (Å²) >= 11 is 5.99. The summed E-state index contributed by atoms with van der Waals surface area (Å²) in [7, 11) is 0. The second-order valence-corrected chi connectivity index (χ2v) is 6.59. The van der Waals surface area contributed by atoms with Gasteiger partial charge in [-0.3, -0.25) is 4.79 Å². The smallest absolute Gasteiger partial charge is 0.253 e. The standard InChI is InChI=1S/C19H17ClN4O/c20-16-8-4-7-15(11-16)19(25)23-10-9-17(12-23)24-13-18(21-22-24)14-5-2-1-3-6-14/h1-8,11,13,17H,9-10,12H2. The monoisotopic (exact) mass is 352 g/mol. The Hall–Kier alpha value is -2.66. The number of carbonyl (C=O) groups excluding carboxylic acids is 1. The Kier molecular flexibility index (Phi) is 4.24. The third kappa shape index (κ3) is 3.28. The van der Waals surface area contributed by atoms with E-state index in [1.54, 1.807) is 24.3 Å². The fourth-order valence-electron chi connectivity index (χ4n) is 3.14. The Labute approximate surface area is 150 Å². The van der Waals surface area contributed by atoms with Crippen LogP contribution in [-0.2, 0) is 0 Å². The SMILES string of the molecule is O=C(c1cccc(Cl)c1)N1CCC(n2cc(-c3ccccc3)nn2)C1. The summed E-state index contributed by atoms with van der Waals surface area (Å²) in [6.45, 7) is 1.33. The molecule has 4 rings (SSSR count). The van der Waals surface area contributed by atoms with E-state index < -0.39 is 0 Å². The molecule has 0 spiro atoms. The Morgan fingerprint density at radius 2 is 1.96 bits per heavy atom. The maximum Gasteiger partial charge on any atom is 0.253 e. The minimum Gasteiger partial charge on any atom is -0.336 e. The molecule has 3 aromatic rings. The van der Waals surface area contributed by atoms with Crippen LogP contribution in [-0.4, -0.2) is 38.9 Å². The van der Waals surface area contributed by atoms with Crippen LogP contribution < -0.4 is 0 Å². The molecule has 1 aliphatic rings. The number of hydrogen-bond donors (Lipinski definition) is 0. The van der Waals surface area contributed by atoms with Gasteiger partial charge in [-0.1, -0.05) is 53.2 Å². The van der Waals surface area contributed by atoms with Crippen LogP contribution in [0.2, 0.25) is 5.02 Å². The molecule has 1 fully saturated rings. The summed E-state index contributed by atoms with van der Waals surface area (Å²) in [5, 5.41) is 9.10. The van der Waals surface area contributed by atoms with Crippen LogP contribution in [0.15, 0.2) is 60.8 Å². The number of benzene rings is 2. The predicted molar refractivity (Wildman–Crippen MR) is 96.5 cm³/mol. The maximum atomic E-state index is 12.6. The molecule has 6 heteroatoms. The van der Waals surface area contributed by atoms with Crippen LogP contribution in [0.25, 0.3) is 11.3 Å². The van der Waals surface area contributed by atoms with Gasteiger partial charge in [0.05, 0.1) is 12.2 Å². The second-order valence-electron chi connectivity index (χ2n) is 6.15. The normalized spacial score (nSPS) is 17.0. The molecule has 25 heavy (non-hydrogen) atoms. The highest BCUT2D eigenvalue weighted by Crippen LogP contribution is 2.25. The molecule has 2 heterocycles. The average molecular weight is 353 g/mol. The lowest BCUT2D eigenvalue weighted by Gasteiger charge is -2.16. The molecule has 1 unspecified atom stereocenters. The number of amides is 1. The Bertz CT molecular complexity index is 893. The summed E-state index contributed by atoms with van der Waals surface area (Å²) in [5.41, 5.74) is 2.51. The summed E-state index contributed by atoms with van der Waals surface area (Å²) in [6.07, 6.45) is 2.82. The molecule has 0 bridgehead atoms. The van der Waals surface area contributed by atoms with E-state index in [9.17, 15) is 4.79 Å². The van der Waals surface area contributed by atoms with Crippen LogP contribution in [0.3, 0.4) is 0 Å². The van der Waals surface area contributed by atoms with Gasteiger partial charge >= 0.3 is 0 Å². The number of carbonyl (C=O) groups is 1. The number of hydrogen-bond acceptors (Lipinski definition) is 3. The van der Waals surface area contributed by atoms with Crippen molar-refractivity contribution in [3.05, 3.63) is 71.4 Å². The van der Waals surface area contributed by atoms with E-state index in [0.717, 1.165) is 17.7 Å². The van der Waals surface area contributed by atoms with E-state index in [2.05, 4.69) is 10.3 Å². The average Bonchev–Trinajstić information content (AvgIpc) is 3.31. The van der Waals surface area contributed by atoms with Gasteiger partial charge in [0, 0.05) is 29.2 Å². The van der Waals surface area contributed by atoms with E-state index >= 15 is 0 Å². The number of rotatable bonds is 3. The molecule has 0 aliphatic carbocycles. The van der Waals surface area contributed by atoms with Crippen molar-refractivity contribution in [3.63, 3.8) is 0 Å². The van der Waals surface area contributed by atoms with Crippen LogP contribution in [0.5, 0.6) is 0 Å². The van der Waals surface area contributed by atoms with Gasteiger partial charge in [0.25, 0.3) is 5.91 Å². The van der Waals surface area contributed by atoms with Crippen molar-refractivity contribution in [1.29, 1.82) is 0 Å². The lowest BCUT2D eigenvalue weighted by molar-refractivity contribution is 0.0787. The van der Waals surface area contributed by atoms with Crippen LogP contribution in [0.1, 0.15) is 22.8 Å². The number of aromatic nitrogens is 3. The van der Waals surface area contributed by atoms with Gasteiger partial charge in [0.1, 0.15) is 5.69 Å². The van der Waals surface area contributed by atoms with Crippen molar-refractivity contribution in [2.24, 2.45) is 0 Å². The van der Waals surface area contributed by atoms with Crippen molar-refractivity contribution < 1.29 is 4.79 Å². The summed E-state index contributed by atoms with van der Waals surface area (Å²) in [5.74, 6) is 0.00778. The fraction of sp³-hybridized carbons (Fsp3) is 0.211. The summed E-state index contributed by atoms with van der Waals surface area (Å²) in [4.78, 5) is 14.5. The first-order valence-electron chi connectivity index (χ1n) is 8.23. The van der Waals surface area contributed by atoms with Gasteiger partial charge in [-0.15, -0.1) is 5.10 Å². The molecule has 1 saturated heterocycles. The highest BCUT2D eigenvalue weighted by atomic mass is 35.5. The molecule has 2 aromatic carbocycles. The quantitative estimate of drug-likeness (QED) is 0.722. The molecule has 0 radical (unpaired) electrons. The van der Waals surface area contributed by atoms with Gasteiger partial charge in [-0.2, -0.15) is 0 Å². The van der Waals surface area contributed by atoms with E-state index in [-0.39, 0.29) is 11.9 Å². The van der Waals surface area contributed by atoms with Crippen molar-refractivity contribution in [2.45, 2.75) is 12.5 Å². The maximum absolute atomic E-state index is 12.6. The van der Waals surface area contributed by atoms with E-state index in [4.69, 9.17) is 11.6 Å². The number of likely N-dealkylation sites (tertiary alicyclic amines) is 1. The van der Waals surface area contributed by atoms with Gasteiger partial charge in [0.2, 0.25) is 0 Å². The zero-order valence-electron chi connectivity index (χ0n) is 13.5. The Morgan fingerprint density at radius 3 is 2.76 bits per heavy atom. The number of nitrogens with zero attached hydrogens (tertiary/aromatic N) is 4.